The Labute approximate surface area is 125 Å². The molecular formula is C15H12N4OS. The van der Waals surface area contributed by atoms with Gasteiger partial charge >= 0.3 is 0 Å². The molecule has 0 aliphatic carbocycles. The zero-order valence-corrected chi connectivity index (χ0v) is 11.8. The summed E-state index contributed by atoms with van der Waals surface area (Å²) in [6.07, 6.45) is 8.40. The number of aromatic nitrogens is 3. The van der Waals surface area contributed by atoms with Crippen LogP contribution >= 0.6 is 11.3 Å². The van der Waals surface area contributed by atoms with Gasteiger partial charge in [0.1, 0.15) is 0 Å². The van der Waals surface area contributed by atoms with Gasteiger partial charge in [-0.15, -0.1) is 11.3 Å². The molecule has 0 fully saturated rings. The van der Waals surface area contributed by atoms with Crippen LogP contribution in [-0.4, -0.2) is 20.7 Å². The van der Waals surface area contributed by atoms with Gasteiger partial charge in [0.05, 0.1) is 11.9 Å². The lowest BCUT2D eigenvalue weighted by atomic mass is 10.3. The van der Waals surface area contributed by atoms with E-state index in [1.54, 1.807) is 23.2 Å². The smallest absolute Gasteiger partial charge is 0.250 e. The van der Waals surface area contributed by atoms with Crippen LogP contribution in [0.15, 0.2) is 60.4 Å². The predicted molar refractivity (Wildman–Crippen MR) is 83.3 cm³/mol. The number of hydrogen-bond donors (Lipinski definition) is 1. The predicted octanol–water partition coefficient (Wildman–Crippen LogP) is 2.98. The van der Waals surface area contributed by atoms with Crippen LogP contribution in [0.3, 0.4) is 0 Å². The molecule has 1 amide bonds. The van der Waals surface area contributed by atoms with Gasteiger partial charge in [-0.05, 0) is 18.2 Å². The highest BCUT2D eigenvalue weighted by atomic mass is 32.1. The van der Waals surface area contributed by atoms with Crippen molar-refractivity contribution in [2.45, 2.75) is 0 Å². The molecule has 0 saturated carbocycles. The number of thiazole rings is 1. The summed E-state index contributed by atoms with van der Waals surface area (Å²) < 4.78 is 1.76. The Morgan fingerprint density at radius 3 is 2.90 bits per heavy atom. The largest absolute Gasteiger partial charge is 0.298 e. The van der Waals surface area contributed by atoms with Gasteiger partial charge in [-0.25, -0.2) is 9.67 Å². The SMILES string of the molecule is O=C(/C=C/c1cnn(-c2ccccc2)c1)Nc1nccs1. The molecule has 3 rings (SSSR count). The molecule has 3 aromatic rings. The fraction of sp³-hybridized carbons (Fsp3) is 0. The van der Waals surface area contributed by atoms with E-state index in [9.17, 15) is 4.79 Å². The van der Waals surface area contributed by atoms with Crippen molar-refractivity contribution in [3.8, 4) is 5.69 Å². The van der Waals surface area contributed by atoms with E-state index in [1.165, 1.54) is 17.4 Å². The average molecular weight is 296 g/mol. The first-order valence-corrected chi connectivity index (χ1v) is 7.18. The number of rotatable bonds is 4. The van der Waals surface area contributed by atoms with E-state index in [-0.39, 0.29) is 5.91 Å². The maximum Gasteiger partial charge on any atom is 0.250 e. The third-order valence-corrected chi connectivity index (χ3v) is 3.40. The molecule has 0 spiro atoms. The van der Waals surface area contributed by atoms with Gasteiger partial charge in [0.15, 0.2) is 5.13 Å². The number of anilines is 1. The molecule has 0 aliphatic rings. The summed E-state index contributed by atoms with van der Waals surface area (Å²) in [5.74, 6) is -0.211. The van der Waals surface area contributed by atoms with Crippen molar-refractivity contribution in [2.75, 3.05) is 5.32 Å². The molecule has 21 heavy (non-hydrogen) atoms. The number of nitrogens with one attached hydrogen (secondary N) is 1. The van der Waals surface area contributed by atoms with Crippen molar-refractivity contribution in [2.24, 2.45) is 0 Å². The normalized spacial score (nSPS) is 10.9. The Hall–Kier alpha value is -2.73. The Bertz CT molecular complexity index is 747. The average Bonchev–Trinajstić information content (AvgIpc) is 3.17. The topological polar surface area (TPSA) is 59.8 Å². The highest BCUT2D eigenvalue weighted by molar-refractivity contribution is 7.13. The van der Waals surface area contributed by atoms with Gasteiger partial charge in [-0.2, -0.15) is 5.10 Å². The highest BCUT2D eigenvalue weighted by Crippen LogP contribution is 2.11. The summed E-state index contributed by atoms with van der Waals surface area (Å²) in [6, 6.07) is 9.80. The van der Waals surface area contributed by atoms with Crippen LogP contribution in [0.1, 0.15) is 5.56 Å². The molecule has 5 nitrogen and oxygen atoms in total. The van der Waals surface area contributed by atoms with Crippen LogP contribution in [0.25, 0.3) is 11.8 Å². The van der Waals surface area contributed by atoms with E-state index < -0.39 is 0 Å². The molecule has 0 saturated heterocycles. The van der Waals surface area contributed by atoms with Crippen LogP contribution in [0.4, 0.5) is 5.13 Å². The first-order chi connectivity index (χ1) is 10.3. The molecule has 2 aromatic heterocycles. The third-order valence-electron chi connectivity index (χ3n) is 2.71. The molecule has 1 aromatic carbocycles. The summed E-state index contributed by atoms with van der Waals surface area (Å²) >= 11 is 1.38. The van der Waals surface area contributed by atoms with Crippen molar-refractivity contribution in [3.63, 3.8) is 0 Å². The monoisotopic (exact) mass is 296 g/mol. The summed E-state index contributed by atoms with van der Waals surface area (Å²) in [5.41, 5.74) is 1.83. The third kappa shape index (κ3) is 3.43. The lowest BCUT2D eigenvalue weighted by molar-refractivity contribution is -0.111. The number of para-hydroxylation sites is 1. The maximum atomic E-state index is 11.7. The number of carbonyl (C=O) groups excluding carboxylic acids is 1. The van der Waals surface area contributed by atoms with Gasteiger partial charge in [0.2, 0.25) is 5.91 Å². The Kier molecular flexibility index (Phi) is 3.88. The minimum Gasteiger partial charge on any atom is -0.298 e. The summed E-state index contributed by atoms with van der Waals surface area (Å²) in [6.45, 7) is 0. The fourth-order valence-electron chi connectivity index (χ4n) is 1.75. The molecular weight excluding hydrogens is 284 g/mol. The Morgan fingerprint density at radius 1 is 1.29 bits per heavy atom. The van der Waals surface area contributed by atoms with Crippen LogP contribution in [0, 0.1) is 0 Å². The molecule has 0 aliphatic heterocycles. The van der Waals surface area contributed by atoms with Gasteiger partial charge in [-0.1, -0.05) is 18.2 Å². The summed E-state index contributed by atoms with van der Waals surface area (Å²) in [7, 11) is 0. The zero-order valence-electron chi connectivity index (χ0n) is 11.0. The molecule has 6 heteroatoms. The molecule has 0 bridgehead atoms. The lowest BCUT2D eigenvalue weighted by Gasteiger charge is -1.98. The second-order valence-corrected chi connectivity index (χ2v) is 5.11. The van der Waals surface area contributed by atoms with E-state index in [1.807, 2.05) is 41.9 Å². The van der Waals surface area contributed by atoms with Crippen LogP contribution in [0.2, 0.25) is 0 Å². The number of hydrogen-bond acceptors (Lipinski definition) is 4. The van der Waals surface area contributed by atoms with E-state index in [4.69, 9.17) is 0 Å². The number of amides is 1. The highest BCUT2D eigenvalue weighted by Gasteiger charge is 2.01. The second kappa shape index (κ2) is 6.15. The van der Waals surface area contributed by atoms with Crippen LogP contribution < -0.4 is 5.32 Å². The Balaban J connectivity index is 1.67. The lowest BCUT2D eigenvalue weighted by Crippen LogP contribution is -2.06. The maximum absolute atomic E-state index is 11.7. The van der Waals surface area contributed by atoms with Crippen LogP contribution in [-0.2, 0) is 4.79 Å². The molecule has 104 valence electrons. The van der Waals surface area contributed by atoms with Crippen molar-refractivity contribution >= 4 is 28.5 Å². The van der Waals surface area contributed by atoms with Crippen molar-refractivity contribution in [1.82, 2.24) is 14.8 Å². The molecule has 0 unspecified atom stereocenters. The van der Waals surface area contributed by atoms with Crippen molar-refractivity contribution in [1.29, 1.82) is 0 Å². The van der Waals surface area contributed by atoms with E-state index >= 15 is 0 Å². The van der Waals surface area contributed by atoms with Gasteiger partial charge in [0, 0.05) is 29.4 Å². The van der Waals surface area contributed by atoms with E-state index in [0.717, 1.165) is 11.3 Å². The number of nitrogens with zero attached hydrogens (tertiary/aromatic N) is 3. The molecule has 2 heterocycles. The second-order valence-electron chi connectivity index (χ2n) is 4.21. The number of benzene rings is 1. The number of carbonyl (C=O) groups is 1. The quantitative estimate of drug-likeness (QED) is 0.753. The fourth-order valence-corrected chi connectivity index (χ4v) is 2.28. The first kappa shape index (κ1) is 13.3. The minimum atomic E-state index is -0.211. The van der Waals surface area contributed by atoms with Gasteiger partial charge in [-0.3, -0.25) is 10.1 Å². The summed E-state index contributed by atoms with van der Waals surface area (Å²) in [4.78, 5) is 15.7. The summed E-state index contributed by atoms with van der Waals surface area (Å²) in [5, 5.41) is 9.35. The molecule has 1 N–H and O–H groups in total. The zero-order chi connectivity index (χ0) is 14.5. The molecule has 0 atom stereocenters. The first-order valence-electron chi connectivity index (χ1n) is 6.30. The standard InChI is InChI=1S/C15H12N4OS/c20-14(18-15-16-8-9-21-15)7-6-12-10-17-19(11-12)13-4-2-1-3-5-13/h1-11H,(H,16,18,20)/b7-6+. The molecule has 0 radical (unpaired) electrons. The van der Waals surface area contributed by atoms with Gasteiger partial charge in [0.25, 0.3) is 0 Å². The minimum absolute atomic E-state index is 0.211. The van der Waals surface area contributed by atoms with Crippen molar-refractivity contribution in [3.05, 3.63) is 65.9 Å². The Morgan fingerprint density at radius 2 is 2.14 bits per heavy atom. The van der Waals surface area contributed by atoms with Crippen molar-refractivity contribution < 1.29 is 4.79 Å². The van der Waals surface area contributed by atoms with E-state index in [0.29, 0.717) is 5.13 Å². The van der Waals surface area contributed by atoms with E-state index in [2.05, 4.69) is 15.4 Å². The van der Waals surface area contributed by atoms with Crippen LogP contribution in [0.5, 0.6) is 0 Å². The van der Waals surface area contributed by atoms with Gasteiger partial charge < -0.3 is 0 Å².